The smallest absolute Gasteiger partial charge is 0.250 e. The lowest BCUT2D eigenvalue weighted by Gasteiger charge is -2.25. The zero-order valence-electron chi connectivity index (χ0n) is 12.7. The minimum atomic E-state index is -3.47. The summed E-state index contributed by atoms with van der Waals surface area (Å²) in [5.41, 5.74) is 1.01. The molecule has 1 heterocycles. The number of halogens is 1. The van der Waals surface area contributed by atoms with Crippen LogP contribution in [-0.2, 0) is 10.0 Å². The lowest BCUT2D eigenvalue weighted by molar-refractivity contribution is 0.299. The molecule has 120 valence electrons. The summed E-state index contributed by atoms with van der Waals surface area (Å²) in [6.07, 6.45) is 0. The van der Waals surface area contributed by atoms with E-state index in [1.54, 1.807) is 6.07 Å². The van der Waals surface area contributed by atoms with Crippen molar-refractivity contribution in [3.05, 3.63) is 51.9 Å². The van der Waals surface area contributed by atoms with Crippen LogP contribution in [0.3, 0.4) is 0 Å². The first-order chi connectivity index (χ1) is 10.3. The van der Waals surface area contributed by atoms with Crippen molar-refractivity contribution in [2.45, 2.75) is 17.2 Å². The van der Waals surface area contributed by atoms with E-state index in [1.165, 1.54) is 11.3 Å². The van der Waals surface area contributed by atoms with Gasteiger partial charge in [0.1, 0.15) is 4.21 Å². The third-order valence-electron chi connectivity index (χ3n) is 3.33. The van der Waals surface area contributed by atoms with Crippen LogP contribution in [0.5, 0.6) is 0 Å². The number of hydrogen-bond donors (Lipinski definition) is 1. The van der Waals surface area contributed by atoms with Gasteiger partial charge in [-0.1, -0.05) is 23.7 Å². The second-order valence-corrected chi connectivity index (χ2v) is 8.97. The molecular formula is C15H19ClN2O2S2. The van der Waals surface area contributed by atoms with Crippen LogP contribution in [0.2, 0.25) is 5.02 Å². The number of likely N-dealkylation sites (N-methyl/N-ethyl adjacent to an activating group) is 1. The molecule has 0 fully saturated rings. The Bertz CT molecular complexity index is 724. The van der Waals surface area contributed by atoms with Crippen molar-refractivity contribution >= 4 is 33.0 Å². The van der Waals surface area contributed by atoms with Gasteiger partial charge in [-0.05, 0) is 50.8 Å². The minimum Gasteiger partial charge on any atom is -0.301 e. The second-order valence-electron chi connectivity index (χ2n) is 5.25. The molecule has 0 saturated carbocycles. The molecule has 0 radical (unpaired) electrons. The van der Waals surface area contributed by atoms with Gasteiger partial charge in [-0.2, -0.15) is 0 Å². The van der Waals surface area contributed by atoms with E-state index in [-0.39, 0.29) is 6.04 Å². The molecule has 0 aliphatic heterocycles. The van der Waals surface area contributed by atoms with Gasteiger partial charge in [-0.15, -0.1) is 11.3 Å². The Balaban J connectivity index is 2.14. The molecule has 0 amide bonds. The Labute approximate surface area is 140 Å². The van der Waals surface area contributed by atoms with Crippen LogP contribution in [0.15, 0.2) is 40.6 Å². The van der Waals surface area contributed by atoms with Crippen molar-refractivity contribution < 1.29 is 8.42 Å². The predicted molar refractivity (Wildman–Crippen MR) is 92.1 cm³/mol. The van der Waals surface area contributed by atoms with E-state index in [1.807, 2.05) is 56.3 Å². The molecule has 0 bridgehead atoms. The number of rotatable bonds is 6. The van der Waals surface area contributed by atoms with E-state index in [0.29, 0.717) is 15.8 Å². The summed E-state index contributed by atoms with van der Waals surface area (Å²) in [5, 5.41) is 0.663. The molecule has 7 heteroatoms. The first-order valence-corrected chi connectivity index (χ1v) is 9.45. The van der Waals surface area contributed by atoms with E-state index < -0.39 is 10.0 Å². The van der Waals surface area contributed by atoms with Gasteiger partial charge in [0.05, 0.1) is 0 Å². The van der Waals surface area contributed by atoms with Gasteiger partial charge in [-0.25, -0.2) is 13.1 Å². The molecule has 2 aromatic rings. The third kappa shape index (κ3) is 4.30. The zero-order valence-corrected chi connectivity index (χ0v) is 15.1. The van der Waals surface area contributed by atoms with Crippen LogP contribution in [0.4, 0.5) is 0 Å². The molecule has 1 aromatic carbocycles. The second kappa shape index (κ2) is 7.10. The molecule has 0 aliphatic carbocycles. The van der Waals surface area contributed by atoms with Gasteiger partial charge in [0.15, 0.2) is 0 Å². The highest BCUT2D eigenvalue weighted by molar-refractivity contribution is 7.91. The lowest BCUT2D eigenvalue weighted by Crippen LogP contribution is -2.34. The summed E-state index contributed by atoms with van der Waals surface area (Å²) < 4.78 is 27.7. The highest BCUT2D eigenvalue weighted by Crippen LogP contribution is 2.23. The van der Waals surface area contributed by atoms with Gasteiger partial charge in [0, 0.05) is 22.5 Å². The molecule has 0 spiro atoms. The summed E-state index contributed by atoms with van der Waals surface area (Å²) in [7, 11) is 0.371. The maximum Gasteiger partial charge on any atom is 0.250 e. The van der Waals surface area contributed by atoms with Gasteiger partial charge >= 0.3 is 0 Å². The summed E-state index contributed by atoms with van der Waals surface area (Å²) in [4.78, 5) is 2.95. The molecule has 0 saturated heterocycles. The number of nitrogens with one attached hydrogen (secondary N) is 1. The van der Waals surface area contributed by atoms with Crippen molar-refractivity contribution in [3.63, 3.8) is 0 Å². The summed E-state index contributed by atoms with van der Waals surface area (Å²) in [6, 6.07) is 10.8. The zero-order chi connectivity index (χ0) is 16.3. The standard InChI is InChI=1S/C15H19ClN2O2S2/c1-11-4-9-15(21-11)22(19,20)17-10-14(18(2)3)12-5-7-13(16)8-6-12/h4-9,14,17H,10H2,1-3H3. The van der Waals surface area contributed by atoms with E-state index in [4.69, 9.17) is 11.6 Å². The predicted octanol–water partition coefficient (Wildman–Crippen LogP) is 3.29. The Kier molecular flexibility index (Phi) is 5.63. The fourth-order valence-electron chi connectivity index (χ4n) is 2.10. The van der Waals surface area contributed by atoms with Crippen LogP contribution in [0.25, 0.3) is 0 Å². The van der Waals surface area contributed by atoms with E-state index in [0.717, 1.165) is 10.4 Å². The average Bonchev–Trinajstić information content (AvgIpc) is 2.88. The van der Waals surface area contributed by atoms with Crippen LogP contribution < -0.4 is 4.72 Å². The number of hydrogen-bond acceptors (Lipinski definition) is 4. The summed E-state index contributed by atoms with van der Waals surface area (Å²) in [6.45, 7) is 2.19. The normalized spacial score (nSPS) is 13.5. The molecular weight excluding hydrogens is 340 g/mol. The van der Waals surface area contributed by atoms with Crippen molar-refractivity contribution in [1.29, 1.82) is 0 Å². The molecule has 1 atom stereocenters. The fourth-order valence-corrected chi connectivity index (χ4v) is 4.59. The van der Waals surface area contributed by atoms with Crippen molar-refractivity contribution in [2.75, 3.05) is 20.6 Å². The van der Waals surface area contributed by atoms with Crippen molar-refractivity contribution in [2.24, 2.45) is 0 Å². The topological polar surface area (TPSA) is 49.4 Å². The molecule has 4 nitrogen and oxygen atoms in total. The maximum atomic E-state index is 12.3. The molecule has 1 unspecified atom stereocenters. The fraction of sp³-hybridized carbons (Fsp3) is 0.333. The first-order valence-electron chi connectivity index (χ1n) is 6.77. The number of thiophene rings is 1. The minimum absolute atomic E-state index is 0.0619. The average molecular weight is 359 g/mol. The number of sulfonamides is 1. The van der Waals surface area contributed by atoms with Crippen LogP contribution in [0, 0.1) is 6.92 Å². The lowest BCUT2D eigenvalue weighted by atomic mass is 10.1. The van der Waals surface area contributed by atoms with Crippen LogP contribution in [0.1, 0.15) is 16.5 Å². The Hall–Kier alpha value is -0.920. The third-order valence-corrected chi connectivity index (χ3v) is 6.49. The van der Waals surface area contributed by atoms with Crippen LogP contribution >= 0.6 is 22.9 Å². The number of nitrogens with zero attached hydrogens (tertiary/aromatic N) is 1. The molecule has 1 aromatic heterocycles. The number of aryl methyl sites for hydroxylation is 1. The summed E-state index contributed by atoms with van der Waals surface area (Å²) in [5.74, 6) is 0. The van der Waals surface area contributed by atoms with Crippen molar-refractivity contribution in [3.8, 4) is 0 Å². The Morgan fingerprint density at radius 1 is 1.18 bits per heavy atom. The largest absolute Gasteiger partial charge is 0.301 e. The molecule has 2 rings (SSSR count). The SMILES string of the molecule is Cc1ccc(S(=O)(=O)NCC(c2ccc(Cl)cc2)N(C)C)s1. The molecule has 0 aliphatic rings. The first kappa shape index (κ1) is 17.4. The number of benzene rings is 1. The van der Waals surface area contributed by atoms with E-state index in [2.05, 4.69) is 4.72 Å². The van der Waals surface area contributed by atoms with Crippen LogP contribution in [-0.4, -0.2) is 34.0 Å². The summed E-state index contributed by atoms with van der Waals surface area (Å²) >= 11 is 7.18. The quantitative estimate of drug-likeness (QED) is 0.862. The highest BCUT2D eigenvalue weighted by atomic mass is 35.5. The van der Waals surface area contributed by atoms with Gasteiger partial charge in [-0.3, -0.25) is 0 Å². The Morgan fingerprint density at radius 2 is 1.82 bits per heavy atom. The van der Waals surface area contributed by atoms with Gasteiger partial charge in [0.2, 0.25) is 10.0 Å². The maximum absolute atomic E-state index is 12.3. The highest BCUT2D eigenvalue weighted by Gasteiger charge is 2.20. The Morgan fingerprint density at radius 3 is 2.32 bits per heavy atom. The van der Waals surface area contributed by atoms with Gasteiger partial charge < -0.3 is 4.90 Å². The van der Waals surface area contributed by atoms with Crippen molar-refractivity contribution in [1.82, 2.24) is 9.62 Å². The van der Waals surface area contributed by atoms with Gasteiger partial charge in [0.25, 0.3) is 0 Å². The molecule has 1 N–H and O–H groups in total. The van der Waals surface area contributed by atoms with E-state index >= 15 is 0 Å². The molecule has 22 heavy (non-hydrogen) atoms. The van der Waals surface area contributed by atoms with E-state index in [9.17, 15) is 8.42 Å². The monoisotopic (exact) mass is 358 g/mol.